The van der Waals surface area contributed by atoms with Crippen LogP contribution >= 0.6 is 0 Å². The Labute approximate surface area is 67.9 Å². The summed E-state index contributed by atoms with van der Waals surface area (Å²) in [5.41, 5.74) is 0. The van der Waals surface area contributed by atoms with Crippen molar-refractivity contribution >= 4 is 5.91 Å². The van der Waals surface area contributed by atoms with E-state index in [0.717, 1.165) is 6.42 Å². The molecule has 1 atom stereocenters. The molecule has 0 aliphatic carbocycles. The maximum absolute atomic E-state index is 11.0. The summed E-state index contributed by atoms with van der Waals surface area (Å²) in [4.78, 5) is 11.0. The van der Waals surface area contributed by atoms with Gasteiger partial charge < -0.3 is 10.6 Å². The van der Waals surface area contributed by atoms with Crippen molar-refractivity contribution in [3.05, 3.63) is 12.7 Å². The first-order valence-corrected chi connectivity index (χ1v) is 3.78. The molecule has 0 fully saturated rings. The molecule has 2 N–H and O–H groups in total. The van der Waals surface area contributed by atoms with E-state index in [2.05, 4.69) is 17.2 Å². The van der Waals surface area contributed by atoms with Crippen LogP contribution in [0.3, 0.4) is 0 Å². The van der Waals surface area contributed by atoms with Crippen LogP contribution in [0.15, 0.2) is 12.7 Å². The van der Waals surface area contributed by atoms with Gasteiger partial charge in [0.25, 0.3) is 0 Å². The number of hydrogen-bond acceptors (Lipinski definition) is 2. The zero-order valence-electron chi connectivity index (χ0n) is 7.18. The monoisotopic (exact) mass is 156 g/mol. The van der Waals surface area contributed by atoms with E-state index in [1.807, 2.05) is 6.92 Å². The van der Waals surface area contributed by atoms with Crippen LogP contribution in [0.25, 0.3) is 0 Å². The van der Waals surface area contributed by atoms with Crippen LogP contribution in [0.4, 0.5) is 0 Å². The van der Waals surface area contributed by atoms with Gasteiger partial charge in [-0.25, -0.2) is 0 Å². The fourth-order valence-corrected chi connectivity index (χ4v) is 0.582. The third kappa shape index (κ3) is 4.56. The quantitative estimate of drug-likeness (QED) is 0.443. The predicted molar refractivity (Wildman–Crippen MR) is 46.3 cm³/mol. The molecule has 0 aromatic heterocycles. The van der Waals surface area contributed by atoms with Gasteiger partial charge in [0, 0.05) is 6.54 Å². The highest BCUT2D eigenvalue weighted by Crippen LogP contribution is 1.81. The molecule has 1 unspecified atom stereocenters. The number of amides is 1. The number of rotatable bonds is 5. The van der Waals surface area contributed by atoms with Gasteiger partial charge in [0.15, 0.2) is 0 Å². The Morgan fingerprint density at radius 2 is 2.36 bits per heavy atom. The van der Waals surface area contributed by atoms with Crippen LogP contribution in [0.1, 0.15) is 13.3 Å². The molecule has 1 amide bonds. The third-order valence-electron chi connectivity index (χ3n) is 1.47. The molecule has 0 spiro atoms. The minimum absolute atomic E-state index is 0.0364. The first-order valence-electron chi connectivity index (χ1n) is 3.78. The van der Waals surface area contributed by atoms with E-state index in [0.29, 0.717) is 6.54 Å². The average Bonchev–Trinajstić information content (AvgIpc) is 2.03. The fourth-order valence-electron chi connectivity index (χ4n) is 0.582. The van der Waals surface area contributed by atoms with Gasteiger partial charge in [0.2, 0.25) is 5.91 Å². The van der Waals surface area contributed by atoms with Crippen molar-refractivity contribution in [3.8, 4) is 0 Å². The summed E-state index contributed by atoms with van der Waals surface area (Å²) < 4.78 is 0. The average molecular weight is 156 g/mol. The zero-order chi connectivity index (χ0) is 8.69. The lowest BCUT2D eigenvalue weighted by molar-refractivity contribution is -0.122. The Balaban J connectivity index is 3.43. The Morgan fingerprint density at radius 1 is 1.73 bits per heavy atom. The first kappa shape index (κ1) is 10.2. The van der Waals surface area contributed by atoms with Gasteiger partial charge in [0.05, 0.1) is 6.04 Å². The summed E-state index contributed by atoms with van der Waals surface area (Å²) in [6.07, 6.45) is 2.60. The molecule has 3 nitrogen and oxygen atoms in total. The topological polar surface area (TPSA) is 41.1 Å². The molecule has 3 heteroatoms. The second-order valence-corrected chi connectivity index (χ2v) is 2.38. The van der Waals surface area contributed by atoms with Crippen LogP contribution in [0.2, 0.25) is 0 Å². The van der Waals surface area contributed by atoms with Crippen molar-refractivity contribution in [2.45, 2.75) is 19.4 Å². The smallest absolute Gasteiger partial charge is 0.236 e. The SMILES string of the molecule is C=CCCNC(=O)C(C)NC. The largest absolute Gasteiger partial charge is 0.354 e. The predicted octanol–water partition coefficient (Wildman–Crippen LogP) is 0.287. The number of nitrogens with one attached hydrogen (secondary N) is 2. The van der Waals surface area contributed by atoms with Gasteiger partial charge in [-0.15, -0.1) is 6.58 Å². The molecule has 0 bridgehead atoms. The van der Waals surface area contributed by atoms with E-state index in [1.165, 1.54) is 0 Å². The lowest BCUT2D eigenvalue weighted by atomic mass is 10.3. The highest BCUT2D eigenvalue weighted by Gasteiger charge is 2.07. The Hall–Kier alpha value is -0.830. The fraction of sp³-hybridized carbons (Fsp3) is 0.625. The minimum Gasteiger partial charge on any atom is -0.354 e. The molecule has 0 saturated heterocycles. The number of carbonyl (C=O) groups excluding carboxylic acids is 1. The van der Waals surface area contributed by atoms with Gasteiger partial charge in [-0.2, -0.15) is 0 Å². The van der Waals surface area contributed by atoms with E-state index in [1.54, 1.807) is 13.1 Å². The highest BCUT2D eigenvalue weighted by atomic mass is 16.2. The van der Waals surface area contributed by atoms with E-state index in [4.69, 9.17) is 0 Å². The number of carbonyl (C=O) groups is 1. The van der Waals surface area contributed by atoms with Crippen molar-refractivity contribution < 1.29 is 4.79 Å². The van der Waals surface area contributed by atoms with Gasteiger partial charge in [0.1, 0.15) is 0 Å². The highest BCUT2D eigenvalue weighted by molar-refractivity contribution is 5.81. The van der Waals surface area contributed by atoms with E-state index in [9.17, 15) is 4.79 Å². The van der Waals surface area contributed by atoms with E-state index in [-0.39, 0.29) is 11.9 Å². The van der Waals surface area contributed by atoms with Crippen LogP contribution in [-0.2, 0) is 4.79 Å². The normalized spacial score (nSPS) is 12.2. The molecular weight excluding hydrogens is 140 g/mol. The molecule has 0 heterocycles. The maximum atomic E-state index is 11.0. The first-order chi connectivity index (χ1) is 5.22. The summed E-state index contributed by atoms with van der Waals surface area (Å²) in [5, 5.41) is 5.62. The van der Waals surface area contributed by atoms with Crippen LogP contribution in [0.5, 0.6) is 0 Å². The van der Waals surface area contributed by atoms with Crippen molar-refractivity contribution in [2.24, 2.45) is 0 Å². The Morgan fingerprint density at radius 3 is 2.82 bits per heavy atom. The van der Waals surface area contributed by atoms with Crippen molar-refractivity contribution in [3.63, 3.8) is 0 Å². The number of hydrogen-bond donors (Lipinski definition) is 2. The molecule has 0 aliphatic rings. The van der Waals surface area contributed by atoms with Crippen molar-refractivity contribution in [2.75, 3.05) is 13.6 Å². The molecule has 0 aromatic rings. The van der Waals surface area contributed by atoms with Crippen LogP contribution < -0.4 is 10.6 Å². The summed E-state index contributed by atoms with van der Waals surface area (Å²) in [6.45, 7) is 6.05. The second kappa shape index (κ2) is 5.92. The van der Waals surface area contributed by atoms with Crippen LogP contribution in [0, 0.1) is 0 Å². The van der Waals surface area contributed by atoms with Gasteiger partial charge in [-0.05, 0) is 20.4 Å². The molecule has 0 aromatic carbocycles. The van der Waals surface area contributed by atoms with Gasteiger partial charge in [-0.3, -0.25) is 4.79 Å². The molecule has 0 saturated carbocycles. The second-order valence-electron chi connectivity index (χ2n) is 2.38. The zero-order valence-corrected chi connectivity index (χ0v) is 7.18. The molecule has 11 heavy (non-hydrogen) atoms. The summed E-state index contributed by atoms with van der Waals surface area (Å²) in [5.74, 6) is 0.0364. The number of likely N-dealkylation sites (N-methyl/N-ethyl adjacent to an activating group) is 1. The van der Waals surface area contributed by atoms with Crippen LogP contribution in [-0.4, -0.2) is 25.5 Å². The minimum atomic E-state index is -0.111. The Bertz CT molecular complexity index is 134. The van der Waals surface area contributed by atoms with Crippen molar-refractivity contribution in [1.82, 2.24) is 10.6 Å². The van der Waals surface area contributed by atoms with Crippen molar-refractivity contribution in [1.29, 1.82) is 0 Å². The lowest BCUT2D eigenvalue weighted by Gasteiger charge is -2.09. The standard InChI is InChI=1S/C8H16N2O/c1-4-5-6-10-8(11)7(2)9-3/h4,7,9H,1,5-6H2,2-3H3,(H,10,11). The summed E-state index contributed by atoms with van der Waals surface area (Å²) in [6, 6.07) is -0.111. The van der Waals surface area contributed by atoms with Gasteiger partial charge in [-0.1, -0.05) is 6.08 Å². The van der Waals surface area contributed by atoms with Gasteiger partial charge >= 0.3 is 0 Å². The summed E-state index contributed by atoms with van der Waals surface area (Å²) in [7, 11) is 1.76. The Kier molecular flexibility index (Phi) is 5.47. The molecule has 0 rings (SSSR count). The lowest BCUT2D eigenvalue weighted by Crippen LogP contribution is -2.40. The molecule has 64 valence electrons. The third-order valence-corrected chi connectivity index (χ3v) is 1.47. The summed E-state index contributed by atoms with van der Waals surface area (Å²) >= 11 is 0. The molecule has 0 aliphatic heterocycles. The maximum Gasteiger partial charge on any atom is 0.236 e. The van der Waals surface area contributed by atoms with E-state index < -0.39 is 0 Å². The molecular formula is C8H16N2O. The molecule has 0 radical (unpaired) electrons. The van der Waals surface area contributed by atoms with E-state index >= 15 is 0 Å².